The highest BCUT2D eigenvalue weighted by Gasteiger charge is 2.21. The maximum absolute atomic E-state index is 12.2. The van der Waals surface area contributed by atoms with Crippen LogP contribution in [-0.2, 0) is 11.2 Å². The standard InChI is InChI=1S/C23H31NO2/c1-14(2)19-12-17(8-9-21(19)25)13-20-15(3)10-18(11-16(20)4)24-22(26)23(5,6)7/h8-12,14,25H,13H2,1-7H3,(H,24,26). The summed E-state index contributed by atoms with van der Waals surface area (Å²) >= 11 is 0. The van der Waals surface area contributed by atoms with Gasteiger partial charge < -0.3 is 10.4 Å². The van der Waals surface area contributed by atoms with Crippen LogP contribution in [0.5, 0.6) is 5.75 Å². The van der Waals surface area contributed by atoms with E-state index in [-0.39, 0.29) is 11.8 Å². The quantitative estimate of drug-likeness (QED) is 0.740. The van der Waals surface area contributed by atoms with Crippen LogP contribution in [0.2, 0.25) is 0 Å². The molecule has 2 aromatic carbocycles. The average molecular weight is 354 g/mol. The maximum Gasteiger partial charge on any atom is 0.229 e. The molecular weight excluding hydrogens is 322 g/mol. The highest BCUT2D eigenvalue weighted by Crippen LogP contribution is 2.29. The van der Waals surface area contributed by atoms with Crippen molar-refractivity contribution in [1.29, 1.82) is 0 Å². The van der Waals surface area contributed by atoms with E-state index in [0.717, 1.165) is 28.8 Å². The topological polar surface area (TPSA) is 49.3 Å². The number of carbonyl (C=O) groups is 1. The van der Waals surface area contributed by atoms with Crippen molar-refractivity contribution in [3.63, 3.8) is 0 Å². The van der Waals surface area contributed by atoms with Crippen molar-refractivity contribution in [1.82, 2.24) is 0 Å². The third-order valence-electron chi connectivity index (χ3n) is 4.73. The second kappa shape index (κ2) is 7.53. The lowest BCUT2D eigenvalue weighted by Crippen LogP contribution is -2.27. The molecule has 2 N–H and O–H groups in total. The fraction of sp³-hybridized carbons (Fsp3) is 0.435. The Morgan fingerprint density at radius 3 is 2.15 bits per heavy atom. The lowest BCUT2D eigenvalue weighted by molar-refractivity contribution is -0.123. The van der Waals surface area contributed by atoms with E-state index < -0.39 is 5.41 Å². The maximum atomic E-state index is 12.2. The van der Waals surface area contributed by atoms with Crippen molar-refractivity contribution in [2.75, 3.05) is 5.32 Å². The molecule has 0 aliphatic rings. The molecule has 0 aliphatic carbocycles. The molecule has 2 rings (SSSR count). The Morgan fingerprint density at radius 2 is 1.65 bits per heavy atom. The minimum absolute atomic E-state index is 0.0177. The largest absolute Gasteiger partial charge is 0.508 e. The van der Waals surface area contributed by atoms with Gasteiger partial charge in [-0.2, -0.15) is 0 Å². The number of phenolic OH excluding ortho intramolecular Hbond substituents is 1. The van der Waals surface area contributed by atoms with Crippen LogP contribution in [0.1, 0.15) is 68.4 Å². The first-order chi connectivity index (χ1) is 12.0. The van der Waals surface area contributed by atoms with Crippen LogP contribution >= 0.6 is 0 Å². The number of nitrogens with one attached hydrogen (secondary N) is 1. The van der Waals surface area contributed by atoms with Crippen LogP contribution < -0.4 is 5.32 Å². The van der Waals surface area contributed by atoms with Crippen LogP contribution in [0.3, 0.4) is 0 Å². The lowest BCUT2D eigenvalue weighted by atomic mass is 9.92. The summed E-state index contributed by atoms with van der Waals surface area (Å²) in [6, 6.07) is 9.93. The normalized spacial score (nSPS) is 11.7. The third kappa shape index (κ3) is 4.66. The van der Waals surface area contributed by atoms with Gasteiger partial charge in [-0.3, -0.25) is 4.79 Å². The first kappa shape index (κ1) is 20.0. The fourth-order valence-corrected chi connectivity index (χ4v) is 3.04. The smallest absolute Gasteiger partial charge is 0.229 e. The van der Waals surface area contributed by atoms with Gasteiger partial charge in [-0.05, 0) is 72.2 Å². The molecule has 0 aliphatic heterocycles. The molecule has 3 nitrogen and oxygen atoms in total. The molecule has 140 valence electrons. The van der Waals surface area contributed by atoms with E-state index >= 15 is 0 Å². The summed E-state index contributed by atoms with van der Waals surface area (Å²) in [5.74, 6) is 0.661. The Hall–Kier alpha value is -2.29. The second-order valence-corrected chi connectivity index (χ2v) is 8.52. The van der Waals surface area contributed by atoms with Crippen LogP contribution in [-0.4, -0.2) is 11.0 Å². The zero-order valence-electron chi connectivity index (χ0n) is 17.0. The van der Waals surface area contributed by atoms with Crippen LogP contribution in [0.4, 0.5) is 5.69 Å². The third-order valence-corrected chi connectivity index (χ3v) is 4.73. The Bertz CT molecular complexity index is 790. The monoisotopic (exact) mass is 353 g/mol. The number of rotatable bonds is 4. The van der Waals surface area contributed by atoms with Crippen LogP contribution in [0, 0.1) is 19.3 Å². The second-order valence-electron chi connectivity index (χ2n) is 8.52. The molecule has 0 spiro atoms. The molecule has 0 fully saturated rings. The van der Waals surface area contributed by atoms with E-state index in [4.69, 9.17) is 0 Å². The average Bonchev–Trinajstić information content (AvgIpc) is 2.51. The Labute approximate surface area is 157 Å². The molecule has 0 saturated heterocycles. The van der Waals surface area contributed by atoms with Crippen molar-refractivity contribution in [2.24, 2.45) is 5.41 Å². The Balaban J connectivity index is 2.29. The van der Waals surface area contributed by atoms with Crippen molar-refractivity contribution >= 4 is 11.6 Å². The summed E-state index contributed by atoms with van der Waals surface area (Å²) in [5, 5.41) is 13.0. The molecule has 0 saturated carbocycles. The molecular formula is C23H31NO2. The van der Waals surface area contributed by atoms with E-state index in [2.05, 4.69) is 39.1 Å². The Kier molecular flexibility index (Phi) is 5.80. The van der Waals surface area contributed by atoms with Gasteiger partial charge in [-0.15, -0.1) is 0 Å². The summed E-state index contributed by atoms with van der Waals surface area (Å²) in [5.41, 5.74) is 6.17. The zero-order chi connectivity index (χ0) is 19.6. The van der Waals surface area contributed by atoms with E-state index in [0.29, 0.717) is 5.75 Å². The number of benzene rings is 2. The molecule has 2 aromatic rings. The van der Waals surface area contributed by atoms with E-state index in [1.54, 1.807) is 6.07 Å². The predicted molar refractivity (Wildman–Crippen MR) is 109 cm³/mol. The summed E-state index contributed by atoms with van der Waals surface area (Å²) in [4.78, 5) is 12.2. The molecule has 0 aromatic heterocycles. The molecule has 1 amide bonds. The minimum atomic E-state index is -0.417. The summed E-state index contributed by atoms with van der Waals surface area (Å²) in [7, 11) is 0. The first-order valence-corrected chi connectivity index (χ1v) is 9.22. The number of phenols is 1. The van der Waals surface area contributed by atoms with Crippen molar-refractivity contribution in [3.05, 3.63) is 58.1 Å². The summed E-state index contributed by atoms with van der Waals surface area (Å²) < 4.78 is 0. The number of aryl methyl sites for hydroxylation is 2. The highest BCUT2D eigenvalue weighted by atomic mass is 16.3. The molecule has 0 unspecified atom stereocenters. The van der Waals surface area contributed by atoms with Crippen molar-refractivity contribution in [3.8, 4) is 5.75 Å². The van der Waals surface area contributed by atoms with E-state index in [1.807, 2.05) is 39.0 Å². The van der Waals surface area contributed by atoms with Gasteiger partial charge in [-0.25, -0.2) is 0 Å². The number of aromatic hydroxyl groups is 1. The SMILES string of the molecule is Cc1cc(NC(=O)C(C)(C)C)cc(C)c1Cc1ccc(O)c(C(C)C)c1. The van der Waals surface area contributed by atoms with Gasteiger partial charge in [0, 0.05) is 11.1 Å². The van der Waals surface area contributed by atoms with Crippen LogP contribution in [0.15, 0.2) is 30.3 Å². The lowest BCUT2D eigenvalue weighted by Gasteiger charge is -2.19. The van der Waals surface area contributed by atoms with E-state index in [9.17, 15) is 9.90 Å². The molecule has 3 heteroatoms. The predicted octanol–water partition coefficient (Wildman–Crippen LogP) is 5.71. The molecule has 0 atom stereocenters. The minimum Gasteiger partial charge on any atom is -0.508 e. The number of amides is 1. The van der Waals surface area contributed by atoms with Crippen molar-refractivity contribution < 1.29 is 9.90 Å². The van der Waals surface area contributed by atoms with Gasteiger partial charge >= 0.3 is 0 Å². The highest BCUT2D eigenvalue weighted by molar-refractivity contribution is 5.94. The summed E-state index contributed by atoms with van der Waals surface area (Å²) in [6.07, 6.45) is 0.811. The molecule has 0 heterocycles. The van der Waals surface area contributed by atoms with E-state index in [1.165, 1.54) is 11.1 Å². The Morgan fingerprint density at radius 1 is 1.08 bits per heavy atom. The first-order valence-electron chi connectivity index (χ1n) is 9.22. The van der Waals surface area contributed by atoms with Gasteiger partial charge in [0.05, 0.1) is 0 Å². The van der Waals surface area contributed by atoms with Crippen molar-refractivity contribution in [2.45, 2.75) is 60.8 Å². The fourth-order valence-electron chi connectivity index (χ4n) is 3.04. The number of anilines is 1. The van der Waals surface area contributed by atoms with Gasteiger partial charge in [0.2, 0.25) is 5.91 Å². The van der Waals surface area contributed by atoms with Gasteiger partial charge in [0.15, 0.2) is 0 Å². The van der Waals surface area contributed by atoms with Crippen LogP contribution in [0.25, 0.3) is 0 Å². The molecule has 0 radical (unpaired) electrons. The molecule has 0 bridgehead atoms. The zero-order valence-corrected chi connectivity index (χ0v) is 17.0. The summed E-state index contributed by atoms with van der Waals surface area (Å²) in [6.45, 7) is 14.1. The van der Waals surface area contributed by atoms with Gasteiger partial charge in [0.1, 0.15) is 5.75 Å². The number of carbonyl (C=O) groups excluding carboxylic acids is 1. The number of hydrogen-bond donors (Lipinski definition) is 2. The molecule has 26 heavy (non-hydrogen) atoms. The van der Waals surface area contributed by atoms with Gasteiger partial charge in [0.25, 0.3) is 0 Å². The van der Waals surface area contributed by atoms with Gasteiger partial charge in [-0.1, -0.05) is 46.8 Å². The number of hydrogen-bond acceptors (Lipinski definition) is 2.